The molecule has 1 aliphatic rings. The zero-order chi connectivity index (χ0) is 16.9. The zero-order valence-electron chi connectivity index (χ0n) is 12.7. The molecule has 0 bridgehead atoms. The van der Waals surface area contributed by atoms with Crippen molar-refractivity contribution >= 4 is 29.1 Å². The highest BCUT2D eigenvalue weighted by Crippen LogP contribution is 2.26. The average Bonchev–Trinajstić information content (AvgIpc) is 2.73. The van der Waals surface area contributed by atoms with Crippen LogP contribution in [0, 0.1) is 5.82 Å². The number of amides is 2. The third-order valence-electron chi connectivity index (χ3n) is 4.00. The van der Waals surface area contributed by atoms with Gasteiger partial charge in [0.25, 0.3) is 0 Å². The van der Waals surface area contributed by atoms with Gasteiger partial charge in [-0.05, 0) is 31.0 Å². The van der Waals surface area contributed by atoms with E-state index in [1.165, 1.54) is 12.1 Å². The monoisotopic (exact) mass is 342 g/mol. The fourth-order valence-electron chi connectivity index (χ4n) is 2.66. The zero-order valence-corrected chi connectivity index (χ0v) is 13.5. The van der Waals surface area contributed by atoms with Crippen molar-refractivity contribution in [3.8, 4) is 0 Å². The minimum Gasteiger partial charge on any atom is -0.388 e. The first kappa shape index (κ1) is 17.7. The molecule has 1 fully saturated rings. The second-order valence-electron chi connectivity index (χ2n) is 5.90. The molecule has 0 radical (unpaired) electrons. The van der Waals surface area contributed by atoms with E-state index in [2.05, 4.69) is 10.6 Å². The molecule has 3 N–H and O–H groups in total. The summed E-state index contributed by atoms with van der Waals surface area (Å²) in [5, 5.41) is 15.3. The predicted molar refractivity (Wildman–Crippen MR) is 85.7 cm³/mol. The van der Waals surface area contributed by atoms with Gasteiger partial charge in [-0.1, -0.05) is 37.3 Å². The summed E-state index contributed by atoms with van der Waals surface area (Å²) in [5.41, 5.74) is -1.14. The molecule has 1 aliphatic carbocycles. The van der Waals surface area contributed by atoms with E-state index >= 15 is 0 Å². The second-order valence-corrected chi connectivity index (χ2v) is 6.34. The van der Waals surface area contributed by atoms with E-state index in [1.807, 2.05) is 0 Å². The molecule has 0 spiro atoms. The van der Waals surface area contributed by atoms with Gasteiger partial charge in [-0.25, -0.2) is 4.39 Å². The Kier molecular flexibility index (Phi) is 5.96. The van der Waals surface area contributed by atoms with Crippen LogP contribution in [-0.2, 0) is 9.59 Å². The standard InChI is InChI=1S/C16H20ClFN2O3/c17-11-5-6-12(18)13(9-11)20-15(22)14(21)19-10-16(23)7-3-1-2-4-8-16/h5-6,9,23H,1-4,7-8,10H2,(H,19,21)(H,20,22). The average molecular weight is 343 g/mol. The maximum Gasteiger partial charge on any atom is 0.313 e. The number of benzene rings is 1. The molecule has 0 aromatic heterocycles. The molecular weight excluding hydrogens is 323 g/mol. The molecule has 0 atom stereocenters. The van der Waals surface area contributed by atoms with Crippen LogP contribution in [0.25, 0.3) is 0 Å². The molecular formula is C16H20ClFN2O3. The van der Waals surface area contributed by atoms with Crippen LogP contribution in [-0.4, -0.2) is 29.1 Å². The lowest BCUT2D eigenvalue weighted by Gasteiger charge is -2.26. The van der Waals surface area contributed by atoms with Crippen molar-refractivity contribution in [3.05, 3.63) is 29.0 Å². The van der Waals surface area contributed by atoms with Crippen molar-refractivity contribution in [3.63, 3.8) is 0 Å². The maximum absolute atomic E-state index is 13.5. The Morgan fingerprint density at radius 1 is 1.17 bits per heavy atom. The van der Waals surface area contributed by atoms with Gasteiger partial charge in [-0.2, -0.15) is 0 Å². The van der Waals surface area contributed by atoms with E-state index in [9.17, 15) is 19.1 Å². The fourth-order valence-corrected chi connectivity index (χ4v) is 2.83. The van der Waals surface area contributed by atoms with Crippen LogP contribution >= 0.6 is 11.6 Å². The normalized spacial score (nSPS) is 17.2. The third kappa shape index (κ3) is 5.18. The highest BCUT2D eigenvalue weighted by Gasteiger charge is 2.29. The number of carbonyl (C=O) groups is 2. The van der Waals surface area contributed by atoms with Crippen molar-refractivity contribution in [2.75, 3.05) is 11.9 Å². The van der Waals surface area contributed by atoms with E-state index in [4.69, 9.17) is 11.6 Å². The van der Waals surface area contributed by atoms with Gasteiger partial charge in [0.1, 0.15) is 5.82 Å². The number of carbonyl (C=O) groups excluding carboxylic acids is 2. The lowest BCUT2D eigenvalue weighted by molar-refractivity contribution is -0.137. The molecule has 0 heterocycles. The van der Waals surface area contributed by atoms with Gasteiger partial charge in [0, 0.05) is 11.6 Å². The van der Waals surface area contributed by atoms with Crippen molar-refractivity contribution in [1.82, 2.24) is 5.32 Å². The number of nitrogens with one attached hydrogen (secondary N) is 2. The smallest absolute Gasteiger partial charge is 0.313 e. The summed E-state index contributed by atoms with van der Waals surface area (Å²) in [6.07, 6.45) is 5.10. The molecule has 5 nitrogen and oxygen atoms in total. The van der Waals surface area contributed by atoms with Crippen LogP contribution in [0.1, 0.15) is 38.5 Å². The lowest BCUT2D eigenvalue weighted by Crippen LogP contribution is -2.46. The summed E-state index contributed by atoms with van der Waals surface area (Å²) in [7, 11) is 0. The van der Waals surface area contributed by atoms with Gasteiger partial charge < -0.3 is 15.7 Å². The number of hydrogen-bond donors (Lipinski definition) is 3. The Balaban J connectivity index is 1.89. The summed E-state index contributed by atoms with van der Waals surface area (Å²) in [5.74, 6) is -2.59. The van der Waals surface area contributed by atoms with Crippen molar-refractivity contribution in [2.24, 2.45) is 0 Å². The van der Waals surface area contributed by atoms with E-state index in [0.717, 1.165) is 31.7 Å². The largest absolute Gasteiger partial charge is 0.388 e. The quantitative estimate of drug-likeness (QED) is 0.583. The molecule has 23 heavy (non-hydrogen) atoms. The van der Waals surface area contributed by atoms with Gasteiger partial charge in [0.05, 0.1) is 11.3 Å². The predicted octanol–water partition coefficient (Wildman–Crippen LogP) is 2.62. The van der Waals surface area contributed by atoms with Crippen molar-refractivity contribution < 1.29 is 19.1 Å². The number of rotatable bonds is 3. The van der Waals surface area contributed by atoms with Crippen molar-refractivity contribution in [1.29, 1.82) is 0 Å². The van der Waals surface area contributed by atoms with E-state index < -0.39 is 23.2 Å². The Bertz CT molecular complexity index is 587. The molecule has 126 valence electrons. The second kappa shape index (κ2) is 7.75. The van der Waals surface area contributed by atoms with Crippen LogP contribution in [0.2, 0.25) is 5.02 Å². The highest BCUT2D eigenvalue weighted by atomic mass is 35.5. The summed E-state index contributed by atoms with van der Waals surface area (Å²) in [6.45, 7) is 0.0112. The Hall–Kier alpha value is -1.66. The fraction of sp³-hybridized carbons (Fsp3) is 0.500. The van der Waals surface area contributed by atoms with Gasteiger partial charge in [-0.3, -0.25) is 9.59 Å². The molecule has 1 aromatic rings. The van der Waals surface area contributed by atoms with Gasteiger partial charge >= 0.3 is 11.8 Å². The molecule has 0 aliphatic heterocycles. The van der Waals surface area contributed by atoms with Crippen molar-refractivity contribution in [2.45, 2.75) is 44.1 Å². The van der Waals surface area contributed by atoms with Crippen LogP contribution in [0.3, 0.4) is 0 Å². The first-order chi connectivity index (χ1) is 10.9. The molecule has 0 saturated heterocycles. The van der Waals surface area contributed by atoms with Gasteiger partial charge in [-0.15, -0.1) is 0 Å². The summed E-state index contributed by atoms with van der Waals surface area (Å²) < 4.78 is 13.5. The number of anilines is 1. The minimum absolute atomic E-state index is 0.0112. The Labute approximate surface area is 139 Å². The summed E-state index contributed by atoms with van der Waals surface area (Å²) in [4.78, 5) is 23.6. The lowest BCUT2D eigenvalue weighted by atomic mass is 9.94. The molecule has 2 rings (SSSR count). The van der Waals surface area contributed by atoms with E-state index in [1.54, 1.807) is 0 Å². The maximum atomic E-state index is 13.5. The Morgan fingerprint density at radius 2 is 1.83 bits per heavy atom. The molecule has 1 saturated carbocycles. The first-order valence-corrected chi connectivity index (χ1v) is 8.04. The minimum atomic E-state index is -0.997. The Morgan fingerprint density at radius 3 is 2.48 bits per heavy atom. The third-order valence-corrected chi connectivity index (χ3v) is 4.23. The highest BCUT2D eigenvalue weighted by molar-refractivity contribution is 6.39. The molecule has 2 amide bonds. The van der Waals surface area contributed by atoms with E-state index in [-0.39, 0.29) is 17.3 Å². The molecule has 7 heteroatoms. The SMILES string of the molecule is O=C(NCC1(O)CCCCCC1)C(=O)Nc1cc(Cl)ccc1F. The van der Waals surface area contributed by atoms with Gasteiger partial charge in [0.15, 0.2) is 0 Å². The number of halogens is 2. The first-order valence-electron chi connectivity index (χ1n) is 7.66. The summed E-state index contributed by atoms with van der Waals surface area (Å²) >= 11 is 5.72. The van der Waals surface area contributed by atoms with Crippen LogP contribution in [0.4, 0.5) is 10.1 Å². The van der Waals surface area contributed by atoms with Crippen LogP contribution in [0.15, 0.2) is 18.2 Å². The molecule has 1 aromatic carbocycles. The van der Waals surface area contributed by atoms with Gasteiger partial charge in [0.2, 0.25) is 0 Å². The number of hydrogen-bond acceptors (Lipinski definition) is 3. The van der Waals surface area contributed by atoms with E-state index in [0.29, 0.717) is 12.8 Å². The van der Waals surface area contributed by atoms with Crippen LogP contribution < -0.4 is 10.6 Å². The topological polar surface area (TPSA) is 78.4 Å². The molecule has 0 unspecified atom stereocenters. The number of aliphatic hydroxyl groups is 1. The summed E-state index contributed by atoms with van der Waals surface area (Å²) in [6, 6.07) is 3.67. The van der Waals surface area contributed by atoms with Crippen LogP contribution in [0.5, 0.6) is 0 Å².